The van der Waals surface area contributed by atoms with Gasteiger partial charge in [0.25, 0.3) is 5.56 Å². The molecule has 1 aromatic carbocycles. The van der Waals surface area contributed by atoms with Gasteiger partial charge in [0.2, 0.25) is 0 Å². The summed E-state index contributed by atoms with van der Waals surface area (Å²) in [5, 5.41) is 4.04. The Labute approximate surface area is 113 Å². The Morgan fingerprint density at radius 1 is 1.32 bits per heavy atom. The predicted octanol–water partition coefficient (Wildman–Crippen LogP) is 2.76. The third-order valence-corrected chi connectivity index (χ3v) is 3.27. The molecule has 0 aliphatic carbocycles. The number of nitrogens with zero attached hydrogens (tertiary/aromatic N) is 1. The molecule has 1 atom stereocenters. The number of fused-ring (bicyclic) bond motifs is 1. The van der Waals surface area contributed by atoms with E-state index >= 15 is 0 Å². The summed E-state index contributed by atoms with van der Waals surface area (Å²) in [5.74, 6) is 0.709. The van der Waals surface area contributed by atoms with Gasteiger partial charge in [-0.05, 0) is 32.0 Å². The molecule has 0 unspecified atom stereocenters. The maximum Gasteiger partial charge on any atom is 0.258 e. The molecule has 2 rings (SSSR count). The number of para-hydroxylation sites is 1. The number of hydrogen-bond donors (Lipinski definition) is 2. The Balaban J connectivity index is 2.14. The zero-order chi connectivity index (χ0) is 13.7. The maximum atomic E-state index is 12.0. The van der Waals surface area contributed by atoms with E-state index in [1.165, 1.54) is 12.8 Å². The molecular formula is C15H21N3O. The molecule has 0 aliphatic heterocycles. The van der Waals surface area contributed by atoms with Crippen molar-refractivity contribution in [2.45, 2.75) is 39.2 Å². The first-order valence-corrected chi connectivity index (χ1v) is 6.94. The SMILES string of the molecule is CCCCCN[C@@H](C)c1nc2ccccc2c(=O)[nH]1. The molecule has 0 radical (unpaired) electrons. The molecular weight excluding hydrogens is 238 g/mol. The van der Waals surface area contributed by atoms with E-state index in [0.717, 1.165) is 18.5 Å². The Bertz CT molecular complexity index is 591. The third kappa shape index (κ3) is 3.41. The van der Waals surface area contributed by atoms with Crippen molar-refractivity contribution in [2.75, 3.05) is 6.54 Å². The first-order chi connectivity index (χ1) is 9.22. The number of nitrogens with one attached hydrogen (secondary N) is 2. The molecule has 0 amide bonds. The Hall–Kier alpha value is -1.68. The Morgan fingerprint density at radius 3 is 2.89 bits per heavy atom. The highest BCUT2D eigenvalue weighted by Gasteiger charge is 2.09. The summed E-state index contributed by atoms with van der Waals surface area (Å²) in [7, 11) is 0. The van der Waals surface area contributed by atoms with Crippen molar-refractivity contribution < 1.29 is 0 Å². The molecule has 1 heterocycles. The second-order valence-electron chi connectivity index (χ2n) is 4.85. The second-order valence-corrected chi connectivity index (χ2v) is 4.85. The Morgan fingerprint density at radius 2 is 2.11 bits per heavy atom. The summed E-state index contributed by atoms with van der Waals surface area (Å²) in [6.07, 6.45) is 3.58. The van der Waals surface area contributed by atoms with Gasteiger partial charge in [0, 0.05) is 0 Å². The minimum absolute atomic E-state index is 0.0640. The van der Waals surface area contributed by atoms with Gasteiger partial charge in [-0.15, -0.1) is 0 Å². The lowest BCUT2D eigenvalue weighted by molar-refractivity contribution is 0.524. The van der Waals surface area contributed by atoms with Crippen molar-refractivity contribution >= 4 is 10.9 Å². The van der Waals surface area contributed by atoms with Crippen molar-refractivity contribution in [2.24, 2.45) is 0 Å². The fourth-order valence-corrected chi connectivity index (χ4v) is 2.10. The number of hydrogen-bond acceptors (Lipinski definition) is 3. The predicted molar refractivity (Wildman–Crippen MR) is 78.3 cm³/mol. The number of aromatic amines is 1. The summed E-state index contributed by atoms with van der Waals surface area (Å²) < 4.78 is 0. The van der Waals surface area contributed by atoms with Crippen molar-refractivity contribution in [1.82, 2.24) is 15.3 Å². The molecule has 2 aromatic rings. The second kappa shape index (κ2) is 6.48. The van der Waals surface area contributed by atoms with E-state index < -0.39 is 0 Å². The molecule has 0 aliphatic rings. The summed E-state index contributed by atoms with van der Waals surface area (Å²) in [6.45, 7) is 5.16. The summed E-state index contributed by atoms with van der Waals surface area (Å²) in [6, 6.07) is 7.49. The molecule has 4 nitrogen and oxygen atoms in total. The van der Waals surface area contributed by atoms with Crippen LogP contribution in [0.3, 0.4) is 0 Å². The summed E-state index contributed by atoms with van der Waals surface area (Å²) >= 11 is 0. The molecule has 0 fully saturated rings. The van der Waals surface area contributed by atoms with E-state index in [9.17, 15) is 4.79 Å². The Kier molecular flexibility index (Phi) is 4.68. The van der Waals surface area contributed by atoms with Crippen LogP contribution < -0.4 is 10.9 Å². The number of unbranched alkanes of at least 4 members (excludes halogenated alkanes) is 2. The minimum atomic E-state index is -0.0668. The fraction of sp³-hybridized carbons (Fsp3) is 0.467. The highest BCUT2D eigenvalue weighted by Crippen LogP contribution is 2.10. The van der Waals surface area contributed by atoms with Crippen molar-refractivity contribution in [3.05, 3.63) is 40.4 Å². The van der Waals surface area contributed by atoms with E-state index in [2.05, 4.69) is 22.2 Å². The number of rotatable bonds is 6. The number of aromatic nitrogens is 2. The fourth-order valence-electron chi connectivity index (χ4n) is 2.10. The van der Waals surface area contributed by atoms with Gasteiger partial charge < -0.3 is 10.3 Å². The molecule has 0 saturated heterocycles. The smallest absolute Gasteiger partial charge is 0.258 e. The van der Waals surface area contributed by atoms with Crippen LogP contribution in [0.25, 0.3) is 10.9 Å². The highest BCUT2D eigenvalue weighted by atomic mass is 16.1. The minimum Gasteiger partial charge on any atom is -0.309 e. The molecule has 4 heteroatoms. The van der Waals surface area contributed by atoms with Crippen LogP contribution in [0.4, 0.5) is 0 Å². The van der Waals surface area contributed by atoms with E-state index in [-0.39, 0.29) is 11.6 Å². The quantitative estimate of drug-likeness (QED) is 0.784. The van der Waals surface area contributed by atoms with Crippen molar-refractivity contribution in [1.29, 1.82) is 0 Å². The van der Waals surface area contributed by atoms with E-state index in [1.54, 1.807) is 6.07 Å². The number of benzene rings is 1. The third-order valence-electron chi connectivity index (χ3n) is 3.27. The summed E-state index contributed by atoms with van der Waals surface area (Å²) in [4.78, 5) is 19.3. The van der Waals surface area contributed by atoms with Crippen LogP contribution in [-0.4, -0.2) is 16.5 Å². The largest absolute Gasteiger partial charge is 0.309 e. The average Bonchev–Trinajstić information content (AvgIpc) is 2.43. The van der Waals surface area contributed by atoms with Crippen molar-refractivity contribution in [3.63, 3.8) is 0 Å². The molecule has 102 valence electrons. The van der Waals surface area contributed by atoms with Gasteiger partial charge in [-0.1, -0.05) is 31.9 Å². The lowest BCUT2D eigenvalue weighted by atomic mass is 10.2. The standard InChI is InChI=1S/C15H21N3O/c1-3-4-7-10-16-11(2)14-17-13-9-6-5-8-12(13)15(19)18-14/h5-6,8-9,11,16H,3-4,7,10H2,1-2H3,(H,17,18,19)/t11-/m0/s1. The van der Waals surface area contributed by atoms with Crippen LogP contribution in [0, 0.1) is 0 Å². The van der Waals surface area contributed by atoms with Gasteiger partial charge in [0.15, 0.2) is 0 Å². The van der Waals surface area contributed by atoms with E-state index in [4.69, 9.17) is 0 Å². The average molecular weight is 259 g/mol. The van der Waals surface area contributed by atoms with Gasteiger partial charge >= 0.3 is 0 Å². The van der Waals surface area contributed by atoms with Gasteiger partial charge in [-0.25, -0.2) is 4.98 Å². The van der Waals surface area contributed by atoms with Gasteiger partial charge in [-0.2, -0.15) is 0 Å². The normalized spacial score (nSPS) is 12.7. The molecule has 0 spiro atoms. The molecule has 1 aromatic heterocycles. The maximum absolute atomic E-state index is 12.0. The highest BCUT2D eigenvalue weighted by molar-refractivity contribution is 5.77. The van der Waals surface area contributed by atoms with Crippen LogP contribution in [0.1, 0.15) is 45.0 Å². The number of H-pyrrole nitrogens is 1. The van der Waals surface area contributed by atoms with Crippen LogP contribution in [0.5, 0.6) is 0 Å². The zero-order valence-electron chi connectivity index (χ0n) is 11.6. The molecule has 0 saturated carbocycles. The van der Waals surface area contributed by atoms with Crippen LogP contribution >= 0.6 is 0 Å². The van der Waals surface area contributed by atoms with E-state index in [1.807, 2.05) is 25.1 Å². The zero-order valence-corrected chi connectivity index (χ0v) is 11.6. The monoisotopic (exact) mass is 259 g/mol. The molecule has 0 bridgehead atoms. The topological polar surface area (TPSA) is 57.8 Å². The van der Waals surface area contributed by atoms with Gasteiger partial charge in [-0.3, -0.25) is 4.79 Å². The molecule has 19 heavy (non-hydrogen) atoms. The lowest BCUT2D eigenvalue weighted by Crippen LogP contribution is -2.24. The lowest BCUT2D eigenvalue weighted by Gasteiger charge is -2.13. The van der Waals surface area contributed by atoms with Gasteiger partial charge in [0.1, 0.15) is 5.82 Å². The first kappa shape index (κ1) is 13.7. The van der Waals surface area contributed by atoms with Crippen LogP contribution in [0.15, 0.2) is 29.1 Å². The summed E-state index contributed by atoms with van der Waals surface area (Å²) in [5.41, 5.74) is 0.686. The van der Waals surface area contributed by atoms with Crippen LogP contribution in [0.2, 0.25) is 0 Å². The van der Waals surface area contributed by atoms with Crippen molar-refractivity contribution in [3.8, 4) is 0 Å². The first-order valence-electron chi connectivity index (χ1n) is 6.94. The van der Waals surface area contributed by atoms with Gasteiger partial charge in [0.05, 0.1) is 16.9 Å². The molecule has 2 N–H and O–H groups in total. The van der Waals surface area contributed by atoms with E-state index in [0.29, 0.717) is 11.2 Å². The van der Waals surface area contributed by atoms with Crippen LogP contribution in [-0.2, 0) is 0 Å².